The zero-order valence-electron chi connectivity index (χ0n) is 16.1. The fourth-order valence-electron chi connectivity index (χ4n) is 2.62. The third-order valence-corrected chi connectivity index (χ3v) is 8.94. The van der Waals surface area contributed by atoms with E-state index in [0.717, 1.165) is 5.56 Å². The van der Waals surface area contributed by atoms with Crippen LogP contribution in [-0.4, -0.2) is 28.3 Å². The molecule has 0 amide bonds. The summed E-state index contributed by atoms with van der Waals surface area (Å²) in [6, 6.07) is 19.5. The number of anilines is 1. The molecule has 5 nitrogen and oxygen atoms in total. The highest BCUT2D eigenvalue weighted by atomic mass is 35.5. The topological polar surface area (TPSA) is 80.3 Å². The molecule has 1 N–H and O–H groups in total. The first-order valence-electron chi connectivity index (χ1n) is 8.97. The maximum Gasteiger partial charge on any atom is 0.261 e. The van der Waals surface area contributed by atoms with Gasteiger partial charge < -0.3 is 0 Å². The number of rotatable bonds is 8. The van der Waals surface area contributed by atoms with Crippen LogP contribution in [0.4, 0.5) is 5.69 Å². The molecule has 0 saturated heterocycles. The predicted octanol–water partition coefficient (Wildman–Crippen LogP) is 5.02. The van der Waals surface area contributed by atoms with E-state index in [1.54, 1.807) is 48.5 Å². The van der Waals surface area contributed by atoms with Crippen molar-refractivity contribution in [2.75, 3.05) is 16.2 Å². The number of hydrogen-bond donors (Lipinski definition) is 1. The molecule has 158 valence electrons. The van der Waals surface area contributed by atoms with Gasteiger partial charge in [-0.1, -0.05) is 41.4 Å². The van der Waals surface area contributed by atoms with Crippen LogP contribution in [0.25, 0.3) is 0 Å². The lowest BCUT2D eigenvalue weighted by molar-refractivity contribution is 0.597. The smallest absolute Gasteiger partial charge is 0.261 e. The van der Waals surface area contributed by atoms with Gasteiger partial charge >= 0.3 is 0 Å². The Morgan fingerprint density at radius 3 is 2.10 bits per heavy atom. The second kappa shape index (κ2) is 9.43. The lowest BCUT2D eigenvalue weighted by atomic mass is 10.2. The molecule has 0 fully saturated rings. The SMILES string of the molecule is Cc1ccc(S(=O)(=O)Nc2ccccc2SCCS(=O)(=O)c2ccc(Cl)cc2)cc1. The summed E-state index contributed by atoms with van der Waals surface area (Å²) < 4.78 is 52.9. The first kappa shape index (κ1) is 22.7. The van der Waals surface area contributed by atoms with Crippen molar-refractivity contribution in [2.45, 2.75) is 21.6 Å². The van der Waals surface area contributed by atoms with Crippen molar-refractivity contribution >= 4 is 48.9 Å². The van der Waals surface area contributed by atoms with E-state index in [4.69, 9.17) is 11.6 Å². The number of thioether (sulfide) groups is 1. The van der Waals surface area contributed by atoms with E-state index >= 15 is 0 Å². The summed E-state index contributed by atoms with van der Waals surface area (Å²) in [5.41, 5.74) is 1.37. The molecule has 0 unspecified atom stereocenters. The Labute approximate surface area is 186 Å². The van der Waals surface area contributed by atoms with Crippen LogP contribution in [0, 0.1) is 6.92 Å². The van der Waals surface area contributed by atoms with Gasteiger partial charge in [-0.2, -0.15) is 0 Å². The monoisotopic (exact) mass is 481 g/mol. The number of hydrogen-bond acceptors (Lipinski definition) is 5. The van der Waals surface area contributed by atoms with Crippen LogP contribution in [0.2, 0.25) is 5.02 Å². The van der Waals surface area contributed by atoms with Crippen molar-refractivity contribution in [3.63, 3.8) is 0 Å². The number of halogens is 1. The summed E-state index contributed by atoms with van der Waals surface area (Å²) in [4.78, 5) is 1.03. The quantitative estimate of drug-likeness (QED) is 0.457. The molecule has 0 radical (unpaired) electrons. The minimum Gasteiger partial charge on any atom is -0.278 e. The van der Waals surface area contributed by atoms with Gasteiger partial charge in [0.2, 0.25) is 0 Å². The Balaban J connectivity index is 1.71. The summed E-state index contributed by atoms with van der Waals surface area (Å²) in [5.74, 6) is 0.187. The third kappa shape index (κ3) is 5.78. The van der Waals surface area contributed by atoms with Gasteiger partial charge in [0, 0.05) is 15.7 Å². The van der Waals surface area contributed by atoms with Crippen LogP contribution in [0.5, 0.6) is 0 Å². The van der Waals surface area contributed by atoms with Gasteiger partial charge in [-0.3, -0.25) is 4.72 Å². The molecule has 0 aliphatic carbocycles. The van der Waals surface area contributed by atoms with Crippen LogP contribution in [-0.2, 0) is 19.9 Å². The molecule has 0 saturated carbocycles. The van der Waals surface area contributed by atoms with E-state index in [2.05, 4.69) is 4.72 Å². The minimum atomic E-state index is -3.75. The summed E-state index contributed by atoms with van der Waals surface area (Å²) >= 11 is 7.09. The third-order valence-electron chi connectivity index (χ3n) is 4.25. The van der Waals surface area contributed by atoms with Gasteiger partial charge in [0.25, 0.3) is 10.0 Å². The number of benzene rings is 3. The van der Waals surface area contributed by atoms with Crippen molar-refractivity contribution in [1.82, 2.24) is 0 Å². The standard InChI is InChI=1S/C21H20ClNO4S3/c1-16-6-10-19(11-7-16)30(26,27)23-20-4-2-3-5-21(20)28-14-15-29(24,25)18-12-8-17(22)9-13-18/h2-13,23H,14-15H2,1H3. The Kier molecular flexibility index (Phi) is 7.13. The fourth-order valence-corrected chi connectivity index (χ4v) is 6.56. The number of nitrogens with one attached hydrogen (secondary N) is 1. The molecular weight excluding hydrogens is 462 g/mol. The molecule has 3 rings (SSSR count). The highest BCUT2D eigenvalue weighted by Gasteiger charge is 2.18. The van der Waals surface area contributed by atoms with Gasteiger partial charge in [0.15, 0.2) is 9.84 Å². The molecule has 0 aliphatic heterocycles. The van der Waals surface area contributed by atoms with Crippen molar-refractivity contribution in [3.05, 3.63) is 83.4 Å². The maximum absolute atomic E-state index is 12.7. The van der Waals surface area contributed by atoms with E-state index in [1.807, 2.05) is 6.92 Å². The highest BCUT2D eigenvalue weighted by Crippen LogP contribution is 2.29. The Bertz CT molecular complexity index is 1220. The molecule has 3 aromatic rings. The first-order valence-corrected chi connectivity index (χ1v) is 13.5. The maximum atomic E-state index is 12.7. The molecule has 3 aromatic carbocycles. The molecule has 0 atom stereocenters. The van der Waals surface area contributed by atoms with Crippen LogP contribution >= 0.6 is 23.4 Å². The molecular formula is C21H20ClNO4S3. The van der Waals surface area contributed by atoms with Gasteiger partial charge in [-0.15, -0.1) is 11.8 Å². The van der Waals surface area contributed by atoms with Gasteiger partial charge in [-0.25, -0.2) is 16.8 Å². The Hall–Kier alpha value is -2.00. The van der Waals surface area contributed by atoms with Crippen molar-refractivity contribution in [1.29, 1.82) is 0 Å². The van der Waals surface area contributed by atoms with Gasteiger partial charge in [-0.05, 0) is 55.5 Å². The largest absolute Gasteiger partial charge is 0.278 e. The van der Waals surface area contributed by atoms with Crippen LogP contribution in [0.3, 0.4) is 0 Å². The predicted molar refractivity (Wildman–Crippen MR) is 123 cm³/mol. The number of sulfonamides is 1. The number of aryl methyl sites for hydroxylation is 1. The van der Waals surface area contributed by atoms with E-state index < -0.39 is 19.9 Å². The Morgan fingerprint density at radius 1 is 0.833 bits per heavy atom. The van der Waals surface area contributed by atoms with Crippen molar-refractivity contribution in [3.8, 4) is 0 Å². The summed E-state index contributed by atoms with van der Waals surface area (Å²) in [6.45, 7) is 1.88. The molecule has 0 spiro atoms. The lowest BCUT2D eigenvalue weighted by Crippen LogP contribution is -2.14. The molecule has 0 heterocycles. The second-order valence-corrected chi connectivity index (χ2v) is 11.9. The first-order chi connectivity index (χ1) is 14.2. The summed E-state index contributed by atoms with van der Waals surface area (Å²) in [5, 5.41) is 0.470. The van der Waals surface area contributed by atoms with Gasteiger partial charge in [0.05, 0.1) is 21.2 Å². The summed E-state index contributed by atoms with van der Waals surface area (Å²) in [7, 11) is -7.21. The van der Waals surface area contributed by atoms with Gasteiger partial charge in [0.1, 0.15) is 0 Å². The van der Waals surface area contributed by atoms with E-state index in [0.29, 0.717) is 15.6 Å². The normalized spacial score (nSPS) is 11.9. The molecule has 0 aromatic heterocycles. The average Bonchev–Trinajstić information content (AvgIpc) is 2.69. The van der Waals surface area contributed by atoms with E-state index in [1.165, 1.54) is 36.0 Å². The second-order valence-electron chi connectivity index (χ2n) is 6.54. The Morgan fingerprint density at radius 2 is 1.43 bits per heavy atom. The van der Waals surface area contributed by atoms with E-state index in [-0.39, 0.29) is 21.3 Å². The average molecular weight is 482 g/mol. The molecule has 0 aliphatic rings. The number of para-hydroxylation sites is 1. The fraction of sp³-hybridized carbons (Fsp3) is 0.143. The van der Waals surface area contributed by atoms with Crippen molar-refractivity contribution < 1.29 is 16.8 Å². The zero-order chi connectivity index (χ0) is 21.8. The summed E-state index contributed by atoms with van der Waals surface area (Å²) in [6.07, 6.45) is 0. The molecule has 0 bridgehead atoms. The van der Waals surface area contributed by atoms with Crippen LogP contribution in [0.15, 0.2) is 87.5 Å². The highest BCUT2D eigenvalue weighted by molar-refractivity contribution is 8.01. The van der Waals surface area contributed by atoms with Crippen LogP contribution < -0.4 is 4.72 Å². The minimum absolute atomic E-state index is 0.0850. The molecule has 30 heavy (non-hydrogen) atoms. The van der Waals surface area contributed by atoms with E-state index in [9.17, 15) is 16.8 Å². The number of sulfone groups is 1. The lowest BCUT2D eigenvalue weighted by Gasteiger charge is -2.13. The molecule has 9 heteroatoms. The van der Waals surface area contributed by atoms with Crippen LogP contribution in [0.1, 0.15) is 5.56 Å². The van der Waals surface area contributed by atoms with Crippen molar-refractivity contribution in [2.24, 2.45) is 0 Å². The zero-order valence-corrected chi connectivity index (χ0v) is 19.3.